The number of nitriles is 1. The van der Waals surface area contributed by atoms with Gasteiger partial charge in [-0.05, 0) is 58.4 Å². The number of benzene rings is 1. The van der Waals surface area contributed by atoms with E-state index < -0.39 is 0 Å². The third-order valence-electron chi connectivity index (χ3n) is 6.03. The van der Waals surface area contributed by atoms with Crippen LogP contribution in [0.3, 0.4) is 0 Å². The number of nitrogens with one attached hydrogen (secondary N) is 1. The average molecular weight is 543 g/mol. The largest absolute Gasteiger partial charge is 0.301 e. The first kappa shape index (κ1) is 27.1. The summed E-state index contributed by atoms with van der Waals surface area (Å²) >= 11 is 3.46. The van der Waals surface area contributed by atoms with Crippen LogP contribution in [-0.4, -0.2) is 64.9 Å². The van der Waals surface area contributed by atoms with E-state index in [4.69, 9.17) is 0 Å². The standard InChI is InChI=1S/C26H36BrN7O/c1-5-11-32-13-15-33(16-14-32)19-20-6-8-21(9-7-20)25(35)31-34(12-10-26(2,3)4)24-22(27)18-29-23(17-28)30-24/h6-9,18H,5,10-16,19H2,1-4H3,(H,31,35). The smallest absolute Gasteiger partial charge is 0.269 e. The molecule has 0 unspecified atom stereocenters. The van der Waals surface area contributed by atoms with Crippen LogP contribution in [0.25, 0.3) is 0 Å². The van der Waals surface area contributed by atoms with Crippen LogP contribution in [0.1, 0.15) is 62.3 Å². The molecule has 188 valence electrons. The van der Waals surface area contributed by atoms with Gasteiger partial charge in [-0.3, -0.25) is 20.1 Å². The van der Waals surface area contributed by atoms with Crippen molar-refractivity contribution in [3.05, 3.63) is 51.9 Å². The molecule has 2 aromatic rings. The van der Waals surface area contributed by atoms with Crippen LogP contribution in [0, 0.1) is 16.7 Å². The third kappa shape index (κ3) is 8.27. The van der Waals surface area contributed by atoms with E-state index in [1.54, 1.807) is 5.01 Å². The number of carbonyl (C=O) groups excluding carboxylic acids is 1. The number of hydrogen-bond donors (Lipinski definition) is 1. The predicted octanol–water partition coefficient (Wildman–Crippen LogP) is 4.23. The quantitative estimate of drug-likeness (QED) is 0.475. The average Bonchev–Trinajstić information content (AvgIpc) is 2.83. The zero-order valence-corrected chi connectivity index (χ0v) is 22.8. The van der Waals surface area contributed by atoms with Crippen LogP contribution in [0.5, 0.6) is 0 Å². The molecule has 1 amide bonds. The van der Waals surface area contributed by atoms with Gasteiger partial charge in [0.25, 0.3) is 5.91 Å². The molecule has 0 aliphatic carbocycles. The Morgan fingerprint density at radius 1 is 1.17 bits per heavy atom. The Morgan fingerprint density at radius 3 is 2.43 bits per heavy atom. The highest BCUT2D eigenvalue weighted by Gasteiger charge is 2.21. The minimum Gasteiger partial charge on any atom is -0.301 e. The predicted molar refractivity (Wildman–Crippen MR) is 142 cm³/mol. The van der Waals surface area contributed by atoms with Crippen molar-refractivity contribution in [2.45, 2.75) is 47.1 Å². The third-order valence-corrected chi connectivity index (χ3v) is 6.59. The summed E-state index contributed by atoms with van der Waals surface area (Å²) in [5.74, 6) is 0.300. The zero-order valence-electron chi connectivity index (χ0n) is 21.2. The minimum atomic E-state index is -0.220. The van der Waals surface area contributed by atoms with E-state index in [0.29, 0.717) is 22.4 Å². The number of halogens is 1. The van der Waals surface area contributed by atoms with Crippen molar-refractivity contribution in [1.82, 2.24) is 25.2 Å². The normalized spacial score (nSPS) is 15.0. The number of anilines is 1. The van der Waals surface area contributed by atoms with Crippen LogP contribution in [0.2, 0.25) is 0 Å². The van der Waals surface area contributed by atoms with Gasteiger partial charge in [0.2, 0.25) is 5.82 Å². The molecule has 1 aliphatic rings. The van der Waals surface area contributed by atoms with Crippen molar-refractivity contribution in [1.29, 1.82) is 5.26 Å². The minimum absolute atomic E-state index is 0.0538. The second kappa shape index (κ2) is 12.4. The van der Waals surface area contributed by atoms with Gasteiger partial charge in [0, 0.05) is 51.0 Å². The fraction of sp³-hybridized carbons (Fsp3) is 0.538. The van der Waals surface area contributed by atoms with Crippen LogP contribution < -0.4 is 10.4 Å². The Hall–Kier alpha value is -2.54. The lowest BCUT2D eigenvalue weighted by atomic mass is 9.92. The van der Waals surface area contributed by atoms with E-state index in [9.17, 15) is 10.1 Å². The number of aromatic nitrogens is 2. The molecule has 1 saturated heterocycles. The number of hydrazine groups is 1. The Bertz CT molecular complexity index is 1020. The highest BCUT2D eigenvalue weighted by Crippen LogP contribution is 2.25. The molecule has 9 heteroatoms. The first-order chi connectivity index (χ1) is 16.7. The van der Waals surface area contributed by atoms with Crippen molar-refractivity contribution in [2.75, 3.05) is 44.3 Å². The number of rotatable bonds is 9. The van der Waals surface area contributed by atoms with Gasteiger partial charge in [0.1, 0.15) is 6.07 Å². The molecule has 0 radical (unpaired) electrons. The SMILES string of the molecule is CCCN1CCN(Cc2ccc(C(=O)NN(CCC(C)(C)C)c3nc(C#N)ncc3Br)cc2)CC1. The molecule has 0 saturated carbocycles. The molecule has 0 bridgehead atoms. The van der Waals surface area contributed by atoms with Gasteiger partial charge in [-0.25, -0.2) is 4.98 Å². The second-order valence-electron chi connectivity index (χ2n) is 10.2. The summed E-state index contributed by atoms with van der Waals surface area (Å²) in [6, 6.07) is 9.77. The molecule has 35 heavy (non-hydrogen) atoms. The lowest BCUT2D eigenvalue weighted by Crippen LogP contribution is -2.46. The van der Waals surface area contributed by atoms with E-state index in [1.807, 2.05) is 30.3 Å². The summed E-state index contributed by atoms with van der Waals surface area (Å²) in [5.41, 5.74) is 4.82. The van der Waals surface area contributed by atoms with Crippen molar-refractivity contribution in [2.24, 2.45) is 5.41 Å². The van der Waals surface area contributed by atoms with Crippen LogP contribution in [-0.2, 0) is 6.54 Å². The number of nitrogens with zero attached hydrogens (tertiary/aromatic N) is 6. The molecule has 3 rings (SSSR count). The molecule has 1 N–H and O–H groups in total. The van der Waals surface area contributed by atoms with Gasteiger partial charge in [-0.15, -0.1) is 0 Å². The van der Waals surface area contributed by atoms with Gasteiger partial charge < -0.3 is 4.90 Å². The van der Waals surface area contributed by atoms with E-state index in [-0.39, 0.29) is 17.1 Å². The maximum absolute atomic E-state index is 13.1. The number of amides is 1. The van der Waals surface area contributed by atoms with Crippen LogP contribution in [0.4, 0.5) is 5.82 Å². The Balaban J connectivity index is 1.66. The van der Waals surface area contributed by atoms with Gasteiger partial charge in [-0.2, -0.15) is 10.2 Å². The van der Waals surface area contributed by atoms with Crippen LogP contribution >= 0.6 is 15.9 Å². The summed E-state index contributed by atoms with van der Waals surface area (Å²) in [6.45, 7) is 15.6. The second-order valence-corrected chi connectivity index (χ2v) is 11.0. The van der Waals surface area contributed by atoms with E-state index in [0.717, 1.165) is 39.1 Å². The molecular formula is C26H36BrN7O. The van der Waals surface area contributed by atoms with Gasteiger partial charge in [0.15, 0.2) is 5.82 Å². The Morgan fingerprint density at radius 2 is 1.83 bits per heavy atom. The number of hydrogen-bond acceptors (Lipinski definition) is 7. The van der Waals surface area contributed by atoms with E-state index in [1.165, 1.54) is 24.7 Å². The molecule has 0 atom stereocenters. The lowest BCUT2D eigenvalue weighted by molar-refractivity contribution is 0.0946. The van der Waals surface area contributed by atoms with Gasteiger partial charge >= 0.3 is 0 Å². The molecule has 1 aromatic carbocycles. The van der Waals surface area contributed by atoms with Crippen LogP contribution in [0.15, 0.2) is 34.9 Å². The molecule has 8 nitrogen and oxygen atoms in total. The zero-order chi connectivity index (χ0) is 25.4. The first-order valence-electron chi connectivity index (χ1n) is 12.2. The van der Waals surface area contributed by atoms with Crippen molar-refractivity contribution in [3.63, 3.8) is 0 Å². The summed E-state index contributed by atoms with van der Waals surface area (Å²) in [7, 11) is 0. The maximum Gasteiger partial charge on any atom is 0.269 e. The molecule has 1 aromatic heterocycles. The first-order valence-corrected chi connectivity index (χ1v) is 13.0. The summed E-state index contributed by atoms with van der Waals surface area (Å²) in [6.07, 6.45) is 3.55. The van der Waals surface area contributed by atoms with Gasteiger partial charge in [-0.1, -0.05) is 39.8 Å². The monoisotopic (exact) mass is 541 g/mol. The van der Waals surface area contributed by atoms with Crippen molar-refractivity contribution in [3.8, 4) is 6.07 Å². The van der Waals surface area contributed by atoms with E-state index >= 15 is 0 Å². The highest BCUT2D eigenvalue weighted by molar-refractivity contribution is 9.10. The van der Waals surface area contributed by atoms with Gasteiger partial charge in [0.05, 0.1) is 4.47 Å². The summed E-state index contributed by atoms with van der Waals surface area (Å²) < 4.78 is 0.611. The summed E-state index contributed by atoms with van der Waals surface area (Å²) in [5, 5.41) is 10.9. The fourth-order valence-electron chi connectivity index (χ4n) is 3.96. The summed E-state index contributed by atoms with van der Waals surface area (Å²) in [4.78, 5) is 26.4. The van der Waals surface area contributed by atoms with Crippen molar-refractivity contribution >= 4 is 27.7 Å². The van der Waals surface area contributed by atoms with Crippen molar-refractivity contribution < 1.29 is 4.79 Å². The molecule has 0 spiro atoms. The molecule has 2 heterocycles. The topological polar surface area (TPSA) is 88.4 Å². The Kier molecular flexibility index (Phi) is 9.61. The Labute approximate surface area is 217 Å². The number of piperazine rings is 1. The molecule has 1 aliphatic heterocycles. The maximum atomic E-state index is 13.1. The van der Waals surface area contributed by atoms with E-state index in [2.05, 4.69) is 68.8 Å². The number of carbonyl (C=O) groups is 1. The highest BCUT2D eigenvalue weighted by atomic mass is 79.9. The lowest BCUT2D eigenvalue weighted by Gasteiger charge is -2.34. The molecule has 1 fully saturated rings. The fourth-order valence-corrected chi connectivity index (χ4v) is 4.36. The molecular weight excluding hydrogens is 506 g/mol.